The van der Waals surface area contributed by atoms with Crippen LogP contribution in [0.25, 0.3) is 0 Å². The van der Waals surface area contributed by atoms with Crippen molar-refractivity contribution in [2.45, 2.75) is 44.7 Å². The molecule has 3 heteroatoms. The van der Waals surface area contributed by atoms with Gasteiger partial charge in [0.1, 0.15) is 0 Å². The van der Waals surface area contributed by atoms with Gasteiger partial charge in [0.05, 0.1) is 6.61 Å². The Morgan fingerprint density at radius 3 is 2.29 bits per heavy atom. The Morgan fingerprint density at radius 1 is 1.19 bits per heavy atom. The van der Waals surface area contributed by atoms with E-state index in [2.05, 4.69) is 55.4 Å². The Hall–Kier alpha value is -0.900. The summed E-state index contributed by atoms with van der Waals surface area (Å²) in [6.45, 7) is 7.39. The second kappa shape index (κ2) is 7.92. The van der Waals surface area contributed by atoms with Crippen molar-refractivity contribution < 1.29 is 4.74 Å². The van der Waals surface area contributed by atoms with Crippen molar-refractivity contribution in [2.75, 3.05) is 33.9 Å². The number of ether oxygens (including phenoxy) is 1. The fourth-order valence-electron chi connectivity index (χ4n) is 2.78. The SMILES string of the molecule is CNC(CN(CCOC)C1CC1)c1ccc(C(C)C)cc1. The zero-order valence-electron chi connectivity index (χ0n) is 13.9. The molecule has 0 spiro atoms. The highest BCUT2D eigenvalue weighted by atomic mass is 16.5. The third-order valence-corrected chi connectivity index (χ3v) is 4.42. The third-order valence-electron chi connectivity index (χ3n) is 4.42. The van der Waals surface area contributed by atoms with Crippen LogP contribution in [0.2, 0.25) is 0 Å². The van der Waals surface area contributed by atoms with E-state index in [1.54, 1.807) is 7.11 Å². The topological polar surface area (TPSA) is 24.5 Å². The van der Waals surface area contributed by atoms with Crippen LogP contribution in [0.3, 0.4) is 0 Å². The van der Waals surface area contributed by atoms with Crippen LogP contribution < -0.4 is 5.32 Å². The maximum Gasteiger partial charge on any atom is 0.0589 e. The van der Waals surface area contributed by atoms with Crippen LogP contribution >= 0.6 is 0 Å². The van der Waals surface area contributed by atoms with Gasteiger partial charge in [-0.1, -0.05) is 38.1 Å². The molecule has 1 atom stereocenters. The molecule has 0 bridgehead atoms. The number of hydrogen-bond donors (Lipinski definition) is 1. The number of nitrogens with one attached hydrogen (secondary N) is 1. The summed E-state index contributed by atoms with van der Waals surface area (Å²) in [6, 6.07) is 10.2. The summed E-state index contributed by atoms with van der Waals surface area (Å²) in [7, 11) is 3.84. The number of rotatable bonds is 9. The van der Waals surface area contributed by atoms with E-state index in [9.17, 15) is 0 Å². The van der Waals surface area contributed by atoms with Crippen LogP contribution in [0.15, 0.2) is 24.3 Å². The largest absolute Gasteiger partial charge is 0.383 e. The van der Waals surface area contributed by atoms with Crippen LogP contribution in [0, 0.1) is 0 Å². The standard InChI is InChI=1S/C18H30N2O/c1-14(2)15-5-7-16(8-6-15)18(19-3)13-20(11-12-21-4)17-9-10-17/h5-8,14,17-19H,9-13H2,1-4H3. The molecule has 3 nitrogen and oxygen atoms in total. The van der Waals surface area contributed by atoms with Gasteiger partial charge in [-0.05, 0) is 36.9 Å². The zero-order chi connectivity index (χ0) is 15.2. The second-order valence-electron chi connectivity index (χ2n) is 6.38. The number of benzene rings is 1. The summed E-state index contributed by atoms with van der Waals surface area (Å²) in [4.78, 5) is 2.57. The summed E-state index contributed by atoms with van der Waals surface area (Å²) >= 11 is 0. The quantitative estimate of drug-likeness (QED) is 0.756. The Labute approximate surface area is 129 Å². The maximum absolute atomic E-state index is 5.25. The molecule has 118 valence electrons. The van der Waals surface area contributed by atoms with Gasteiger partial charge in [-0.25, -0.2) is 0 Å². The van der Waals surface area contributed by atoms with Crippen molar-refractivity contribution in [3.05, 3.63) is 35.4 Å². The molecule has 0 aromatic heterocycles. The van der Waals surface area contributed by atoms with Gasteiger partial charge in [-0.2, -0.15) is 0 Å². The van der Waals surface area contributed by atoms with Crippen molar-refractivity contribution in [3.8, 4) is 0 Å². The monoisotopic (exact) mass is 290 g/mol. The van der Waals surface area contributed by atoms with E-state index in [1.807, 2.05) is 0 Å². The molecule has 21 heavy (non-hydrogen) atoms. The molecular formula is C18H30N2O. The van der Waals surface area contributed by atoms with Crippen molar-refractivity contribution in [2.24, 2.45) is 0 Å². The molecular weight excluding hydrogens is 260 g/mol. The van der Waals surface area contributed by atoms with Gasteiger partial charge < -0.3 is 10.1 Å². The van der Waals surface area contributed by atoms with E-state index in [0.29, 0.717) is 12.0 Å². The first-order valence-corrected chi connectivity index (χ1v) is 8.15. The number of hydrogen-bond acceptors (Lipinski definition) is 3. The molecule has 0 aliphatic heterocycles. The third kappa shape index (κ3) is 4.80. The Balaban J connectivity index is 2.00. The van der Waals surface area contributed by atoms with Gasteiger partial charge in [0.2, 0.25) is 0 Å². The molecule has 1 aromatic rings. The smallest absolute Gasteiger partial charge is 0.0589 e. The molecule has 1 saturated carbocycles. The van der Waals surface area contributed by atoms with Gasteiger partial charge in [-0.15, -0.1) is 0 Å². The fraction of sp³-hybridized carbons (Fsp3) is 0.667. The Bertz CT molecular complexity index is 412. The van der Waals surface area contributed by atoms with Crippen LogP contribution in [-0.4, -0.2) is 44.8 Å². The molecule has 0 radical (unpaired) electrons. The van der Waals surface area contributed by atoms with Crippen molar-refractivity contribution in [3.63, 3.8) is 0 Å². The second-order valence-corrected chi connectivity index (χ2v) is 6.38. The van der Waals surface area contributed by atoms with Gasteiger partial charge in [0.25, 0.3) is 0 Å². The van der Waals surface area contributed by atoms with E-state index in [-0.39, 0.29) is 0 Å². The lowest BCUT2D eigenvalue weighted by Crippen LogP contribution is -2.37. The number of methoxy groups -OCH3 is 1. The Morgan fingerprint density at radius 2 is 1.81 bits per heavy atom. The minimum atomic E-state index is 0.392. The molecule has 0 heterocycles. The molecule has 0 amide bonds. The average molecular weight is 290 g/mol. The summed E-state index contributed by atoms with van der Waals surface area (Å²) in [5, 5.41) is 3.47. The predicted octanol–water partition coefficient (Wildman–Crippen LogP) is 3.18. The molecule has 1 aliphatic carbocycles. The van der Waals surface area contributed by atoms with Gasteiger partial charge >= 0.3 is 0 Å². The van der Waals surface area contributed by atoms with Crippen LogP contribution in [0.4, 0.5) is 0 Å². The van der Waals surface area contributed by atoms with E-state index >= 15 is 0 Å². The maximum atomic E-state index is 5.25. The van der Waals surface area contributed by atoms with Gasteiger partial charge in [0, 0.05) is 32.3 Å². The van der Waals surface area contributed by atoms with E-state index < -0.39 is 0 Å². The highest BCUT2D eigenvalue weighted by Gasteiger charge is 2.30. The lowest BCUT2D eigenvalue weighted by Gasteiger charge is -2.27. The average Bonchev–Trinajstić information content (AvgIpc) is 3.32. The lowest BCUT2D eigenvalue weighted by atomic mass is 9.99. The summed E-state index contributed by atoms with van der Waals surface area (Å²) < 4.78 is 5.25. The first-order chi connectivity index (χ1) is 10.2. The van der Waals surface area contributed by atoms with Crippen LogP contribution in [0.1, 0.15) is 49.8 Å². The van der Waals surface area contributed by atoms with E-state index in [4.69, 9.17) is 4.74 Å². The fourth-order valence-corrected chi connectivity index (χ4v) is 2.78. The van der Waals surface area contributed by atoms with Crippen molar-refractivity contribution >= 4 is 0 Å². The summed E-state index contributed by atoms with van der Waals surface area (Å²) in [6.07, 6.45) is 2.68. The predicted molar refractivity (Wildman–Crippen MR) is 88.8 cm³/mol. The molecule has 1 unspecified atom stereocenters. The highest BCUT2D eigenvalue weighted by Crippen LogP contribution is 2.29. The number of likely N-dealkylation sites (N-methyl/N-ethyl adjacent to an activating group) is 1. The summed E-state index contributed by atoms with van der Waals surface area (Å²) in [5.41, 5.74) is 2.79. The van der Waals surface area contributed by atoms with Crippen LogP contribution in [0.5, 0.6) is 0 Å². The first kappa shape index (κ1) is 16.5. The molecule has 1 aromatic carbocycles. The van der Waals surface area contributed by atoms with Crippen molar-refractivity contribution in [1.29, 1.82) is 0 Å². The van der Waals surface area contributed by atoms with E-state index in [1.165, 1.54) is 24.0 Å². The van der Waals surface area contributed by atoms with E-state index in [0.717, 1.165) is 25.7 Å². The lowest BCUT2D eigenvalue weighted by molar-refractivity contribution is 0.136. The van der Waals surface area contributed by atoms with Gasteiger partial charge in [0.15, 0.2) is 0 Å². The minimum absolute atomic E-state index is 0.392. The number of nitrogens with zero attached hydrogens (tertiary/aromatic N) is 1. The molecule has 0 saturated heterocycles. The van der Waals surface area contributed by atoms with Crippen molar-refractivity contribution in [1.82, 2.24) is 10.2 Å². The molecule has 1 aliphatic rings. The minimum Gasteiger partial charge on any atom is -0.383 e. The van der Waals surface area contributed by atoms with Gasteiger partial charge in [-0.3, -0.25) is 4.90 Å². The normalized spacial score (nSPS) is 16.7. The molecule has 1 fully saturated rings. The Kier molecular flexibility index (Phi) is 6.22. The first-order valence-electron chi connectivity index (χ1n) is 8.15. The zero-order valence-corrected chi connectivity index (χ0v) is 13.9. The van der Waals surface area contributed by atoms with Crippen LogP contribution in [-0.2, 0) is 4.74 Å². The summed E-state index contributed by atoms with van der Waals surface area (Å²) in [5.74, 6) is 0.594. The molecule has 1 N–H and O–H groups in total. The molecule has 2 rings (SSSR count). The highest BCUT2D eigenvalue weighted by molar-refractivity contribution is 5.27.